The maximum atomic E-state index is 8.20. The molecule has 0 aromatic heterocycles. The second-order valence-electron chi connectivity index (χ2n) is 2.37. The molecule has 0 aromatic carbocycles. The van der Waals surface area contributed by atoms with Gasteiger partial charge >= 0.3 is 0 Å². The normalized spacial score (nSPS) is 10.2. The average Bonchev–Trinajstić information content (AvgIpc) is 2.03. The Morgan fingerprint density at radius 3 is 2.91 bits per heavy atom. The second-order valence-corrected chi connectivity index (χ2v) is 2.37. The van der Waals surface area contributed by atoms with Crippen LogP contribution in [0.25, 0.3) is 0 Å². The first kappa shape index (κ1) is 10.2. The Morgan fingerprint density at radius 2 is 2.27 bits per heavy atom. The molecule has 0 aliphatic heterocycles. The lowest BCUT2D eigenvalue weighted by molar-refractivity contribution is 0.759. The Hall–Kier alpha value is -0.810. The molecule has 11 heavy (non-hydrogen) atoms. The van der Waals surface area contributed by atoms with Crippen molar-refractivity contribution in [3.8, 4) is 6.07 Å². The molecular weight excluding hydrogens is 136 g/mol. The van der Waals surface area contributed by atoms with Crippen molar-refractivity contribution < 1.29 is 0 Å². The van der Waals surface area contributed by atoms with E-state index in [4.69, 9.17) is 5.26 Å². The third-order valence-electron chi connectivity index (χ3n) is 1.30. The summed E-state index contributed by atoms with van der Waals surface area (Å²) in [6.07, 6.45) is 7.23. The molecule has 0 unspecified atom stereocenters. The quantitative estimate of drug-likeness (QED) is 0.465. The molecule has 0 rings (SSSR count). The van der Waals surface area contributed by atoms with Gasteiger partial charge in [0.25, 0.3) is 0 Å². The Morgan fingerprint density at radius 1 is 1.45 bits per heavy atom. The van der Waals surface area contributed by atoms with Gasteiger partial charge in [-0.25, -0.2) is 0 Å². The first-order valence-corrected chi connectivity index (χ1v) is 4.14. The van der Waals surface area contributed by atoms with Crippen LogP contribution in [0.5, 0.6) is 0 Å². The van der Waals surface area contributed by atoms with Crippen LogP contribution in [0.4, 0.5) is 0 Å². The highest BCUT2D eigenvalue weighted by molar-refractivity contribution is 4.83. The van der Waals surface area contributed by atoms with Crippen molar-refractivity contribution in [3.05, 3.63) is 12.2 Å². The minimum atomic E-state index is 0.599. The van der Waals surface area contributed by atoms with Crippen molar-refractivity contribution in [1.82, 2.24) is 5.32 Å². The van der Waals surface area contributed by atoms with E-state index in [1.165, 1.54) is 6.42 Å². The molecule has 0 aromatic rings. The summed E-state index contributed by atoms with van der Waals surface area (Å²) in [5, 5.41) is 11.3. The Labute approximate surface area is 68.9 Å². The zero-order valence-electron chi connectivity index (χ0n) is 7.14. The fraction of sp³-hybridized carbons (Fsp3) is 0.667. The van der Waals surface area contributed by atoms with Gasteiger partial charge < -0.3 is 5.32 Å². The molecule has 2 nitrogen and oxygen atoms in total. The molecular formula is C9H16N2. The molecule has 2 heteroatoms. The zero-order chi connectivity index (χ0) is 8.36. The smallest absolute Gasteiger partial charge is 0.0635 e. The topological polar surface area (TPSA) is 35.8 Å². The highest BCUT2D eigenvalue weighted by Crippen LogP contribution is 1.86. The van der Waals surface area contributed by atoms with Crippen LogP contribution in [0, 0.1) is 11.3 Å². The molecule has 0 bridgehead atoms. The van der Waals surface area contributed by atoms with Crippen molar-refractivity contribution in [2.45, 2.75) is 26.2 Å². The number of hydrogen-bond acceptors (Lipinski definition) is 2. The van der Waals surface area contributed by atoms with Crippen LogP contribution in [0.1, 0.15) is 26.2 Å². The molecule has 0 fully saturated rings. The fourth-order valence-electron chi connectivity index (χ4n) is 0.698. The van der Waals surface area contributed by atoms with E-state index >= 15 is 0 Å². The van der Waals surface area contributed by atoms with Crippen LogP contribution in [0.15, 0.2) is 12.2 Å². The molecule has 0 radical (unpaired) electrons. The van der Waals surface area contributed by atoms with Gasteiger partial charge in [0.2, 0.25) is 0 Å². The summed E-state index contributed by atoms with van der Waals surface area (Å²) < 4.78 is 0. The molecule has 0 amide bonds. The number of allylic oxidation sites excluding steroid dienone is 1. The van der Waals surface area contributed by atoms with Crippen LogP contribution < -0.4 is 5.32 Å². The Kier molecular flexibility index (Phi) is 8.51. The van der Waals surface area contributed by atoms with Crippen LogP contribution >= 0.6 is 0 Å². The molecule has 0 heterocycles. The largest absolute Gasteiger partial charge is 0.312 e. The first-order chi connectivity index (χ1) is 5.41. The predicted molar refractivity (Wildman–Crippen MR) is 47.1 cm³/mol. The SMILES string of the molecule is CCC/C=C/CNCCC#N. The fourth-order valence-corrected chi connectivity index (χ4v) is 0.698. The highest BCUT2D eigenvalue weighted by Gasteiger charge is 1.80. The van der Waals surface area contributed by atoms with Gasteiger partial charge in [-0.3, -0.25) is 0 Å². The van der Waals surface area contributed by atoms with E-state index in [1.807, 2.05) is 0 Å². The Balaban J connectivity index is 2.96. The van der Waals surface area contributed by atoms with Gasteiger partial charge in [-0.2, -0.15) is 5.26 Å². The van der Waals surface area contributed by atoms with Crippen LogP contribution in [-0.2, 0) is 0 Å². The van der Waals surface area contributed by atoms with Crippen molar-refractivity contribution in [3.63, 3.8) is 0 Å². The molecule has 0 aliphatic carbocycles. The lowest BCUT2D eigenvalue weighted by Gasteiger charge is -1.94. The predicted octanol–water partition coefficient (Wildman–Crippen LogP) is 1.85. The van der Waals surface area contributed by atoms with Crippen LogP contribution in [-0.4, -0.2) is 13.1 Å². The standard InChI is InChI=1S/C9H16N2/c1-2-3-4-5-8-11-9-6-7-10/h4-5,11H,2-3,6,8-9H2,1H3/b5-4+. The van der Waals surface area contributed by atoms with Gasteiger partial charge in [-0.05, 0) is 6.42 Å². The van der Waals surface area contributed by atoms with Gasteiger partial charge in [-0.1, -0.05) is 25.5 Å². The summed E-state index contributed by atoms with van der Waals surface area (Å²) in [7, 11) is 0. The maximum Gasteiger partial charge on any atom is 0.0635 e. The van der Waals surface area contributed by atoms with Gasteiger partial charge in [0.15, 0.2) is 0 Å². The summed E-state index contributed by atoms with van der Waals surface area (Å²) >= 11 is 0. The molecule has 1 N–H and O–H groups in total. The van der Waals surface area contributed by atoms with Crippen molar-refractivity contribution >= 4 is 0 Å². The summed E-state index contributed by atoms with van der Waals surface area (Å²) in [6.45, 7) is 3.85. The number of nitriles is 1. The van der Waals surface area contributed by atoms with Gasteiger partial charge in [0.05, 0.1) is 6.07 Å². The zero-order valence-corrected chi connectivity index (χ0v) is 7.14. The van der Waals surface area contributed by atoms with Gasteiger partial charge in [0.1, 0.15) is 0 Å². The summed E-state index contributed by atoms with van der Waals surface area (Å²) in [5.41, 5.74) is 0. The van der Waals surface area contributed by atoms with E-state index in [1.54, 1.807) is 0 Å². The number of rotatable bonds is 6. The molecule has 0 saturated carbocycles. The van der Waals surface area contributed by atoms with Crippen LogP contribution in [0.2, 0.25) is 0 Å². The third-order valence-corrected chi connectivity index (χ3v) is 1.30. The minimum Gasteiger partial charge on any atom is -0.312 e. The van der Waals surface area contributed by atoms with Crippen molar-refractivity contribution in [2.24, 2.45) is 0 Å². The van der Waals surface area contributed by atoms with Crippen molar-refractivity contribution in [2.75, 3.05) is 13.1 Å². The van der Waals surface area contributed by atoms with E-state index in [0.717, 1.165) is 19.5 Å². The van der Waals surface area contributed by atoms with Crippen molar-refractivity contribution in [1.29, 1.82) is 5.26 Å². The molecule has 62 valence electrons. The summed E-state index contributed by atoms with van der Waals surface area (Å²) in [6, 6.07) is 2.08. The lowest BCUT2D eigenvalue weighted by Crippen LogP contribution is -2.14. The van der Waals surface area contributed by atoms with E-state index in [9.17, 15) is 0 Å². The van der Waals surface area contributed by atoms with E-state index in [-0.39, 0.29) is 0 Å². The molecule has 0 saturated heterocycles. The molecule has 0 spiro atoms. The Bertz CT molecular complexity index is 133. The number of nitrogens with one attached hydrogen (secondary N) is 1. The third kappa shape index (κ3) is 9.19. The average molecular weight is 152 g/mol. The van der Waals surface area contributed by atoms with E-state index in [2.05, 4.69) is 30.5 Å². The number of nitrogens with zero attached hydrogens (tertiary/aromatic N) is 1. The monoisotopic (exact) mass is 152 g/mol. The summed E-state index contributed by atoms with van der Waals surface area (Å²) in [5.74, 6) is 0. The van der Waals surface area contributed by atoms with E-state index in [0.29, 0.717) is 6.42 Å². The molecule has 0 atom stereocenters. The number of unbranched alkanes of at least 4 members (excludes halogenated alkanes) is 1. The van der Waals surface area contributed by atoms with Crippen LogP contribution in [0.3, 0.4) is 0 Å². The van der Waals surface area contributed by atoms with E-state index < -0.39 is 0 Å². The highest BCUT2D eigenvalue weighted by atomic mass is 14.8. The maximum absolute atomic E-state index is 8.20. The van der Waals surface area contributed by atoms with Gasteiger partial charge in [0, 0.05) is 19.5 Å². The molecule has 0 aliphatic rings. The first-order valence-electron chi connectivity index (χ1n) is 4.14. The lowest BCUT2D eigenvalue weighted by atomic mass is 10.3. The second kappa shape index (κ2) is 9.19. The van der Waals surface area contributed by atoms with Gasteiger partial charge in [-0.15, -0.1) is 0 Å². The number of hydrogen-bond donors (Lipinski definition) is 1. The summed E-state index contributed by atoms with van der Waals surface area (Å²) in [4.78, 5) is 0. The minimum absolute atomic E-state index is 0.599.